The minimum absolute atomic E-state index is 0.0575. The second-order valence-electron chi connectivity index (χ2n) is 4.16. The first kappa shape index (κ1) is 14.6. The van der Waals surface area contributed by atoms with Crippen molar-refractivity contribution in [2.75, 3.05) is 19.7 Å². The molecule has 0 fully saturated rings. The number of alkyl halides is 3. The van der Waals surface area contributed by atoms with Crippen molar-refractivity contribution in [3.63, 3.8) is 0 Å². The van der Waals surface area contributed by atoms with Gasteiger partial charge in [-0.2, -0.15) is 26.0 Å². The maximum atomic E-state index is 11.9. The fourth-order valence-electron chi connectivity index (χ4n) is 1.73. The minimum atomic E-state index is -4.59. The summed E-state index contributed by atoms with van der Waals surface area (Å²) in [5, 5.41) is 0. The van der Waals surface area contributed by atoms with Crippen molar-refractivity contribution >= 4 is 22.5 Å². The Labute approximate surface area is 112 Å². The number of nitrogens with one attached hydrogen (secondary N) is 1. The Kier molecular flexibility index (Phi) is 3.63. The van der Waals surface area contributed by atoms with Crippen molar-refractivity contribution in [3.8, 4) is 0 Å². The summed E-state index contributed by atoms with van der Waals surface area (Å²) in [6.45, 7) is -1.65. The van der Waals surface area contributed by atoms with Crippen LogP contribution in [0.4, 0.5) is 18.0 Å². The maximum absolute atomic E-state index is 11.9. The molecule has 0 saturated heterocycles. The van der Waals surface area contributed by atoms with E-state index in [4.69, 9.17) is 0 Å². The summed E-state index contributed by atoms with van der Waals surface area (Å²) < 4.78 is 67.7. The largest absolute Gasteiger partial charge is 0.440 e. The lowest BCUT2D eigenvalue weighted by molar-refractivity contribution is -0.162. The zero-order chi connectivity index (χ0) is 15.0. The number of hydrogen-bond acceptors (Lipinski definition) is 4. The van der Waals surface area contributed by atoms with Gasteiger partial charge in [0.15, 0.2) is 6.61 Å². The van der Waals surface area contributed by atoms with E-state index >= 15 is 0 Å². The van der Waals surface area contributed by atoms with E-state index in [1.807, 2.05) is 0 Å². The van der Waals surface area contributed by atoms with Crippen molar-refractivity contribution in [3.05, 3.63) is 11.3 Å². The maximum Gasteiger partial charge on any atom is 0.422 e. The van der Waals surface area contributed by atoms with Crippen LogP contribution in [0.5, 0.6) is 0 Å². The molecule has 0 spiro atoms. The van der Waals surface area contributed by atoms with Gasteiger partial charge in [-0.1, -0.05) is 0 Å². The van der Waals surface area contributed by atoms with Crippen molar-refractivity contribution in [1.82, 2.24) is 9.62 Å². The molecule has 2 heterocycles. The lowest BCUT2D eigenvalue weighted by Gasteiger charge is -2.30. The van der Waals surface area contributed by atoms with Crippen LogP contribution in [0.25, 0.3) is 0 Å². The molecule has 7 nitrogen and oxygen atoms in total. The Hall–Kier alpha value is -1.78. The van der Waals surface area contributed by atoms with Crippen molar-refractivity contribution < 1.29 is 31.1 Å². The average Bonchev–Trinajstić information content (AvgIpc) is 2.33. The summed E-state index contributed by atoms with van der Waals surface area (Å²) in [5.41, 5.74) is 0.815. The minimum Gasteiger partial charge on any atom is -0.440 e. The third-order valence-electron chi connectivity index (χ3n) is 2.60. The molecule has 0 radical (unpaired) electrons. The van der Waals surface area contributed by atoms with Gasteiger partial charge in [-0.15, -0.1) is 0 Å². The number of rotatable bonds is 1. The smallest absolute Gasteiger partial charge is 0.422 e. The SMILES string of the molecule is O=C(OCC(F)(F)F)N1CCC2=C(C=NS(=O)(=O)N2)C1. The summed E-state index contributed by atoms with van der Waals surface area (Å²) in [4.78, 5) is 12.5. The fraction of sp³-hybridized carbons (Fsp3) is 0.556. The molecule has 0 bridgehead atoms. The van der Waals surface area contributed by atoms with Crippen LogP contribution in [0.1, 0.15) is 6.42 Å². The number of carbonyl (C=O) groups excluding carboxylic acids is 1. The van der Waals surface area contributed by atoms with Crippen LogP contribution in [-0.4, -0.2) is 51.5 Å². The molecule has 0 saturated carbocycles. The van der Waals surface area contributed by atoms with E-state index in [1.54, 1.807) is 0 Å². The molecule has 0 aliphatic carbocycles. The molecule has 11 heteroatoms. The van der Waals surface area contributed by atoms with Crippen LogP contribution in [0.15, 0.2) is 15.7 Å². The number of ether oxygens (including phenoxy) is 1. The van der Waals surface area contributed by atoms with Gasteiger partial charge in [0.05, 0.1) is 6.54 Å². The Morgan fingerprint density at radius 2 is 2.20 bits per heavy atom. The highest BCUT2D eigenvalue weighted by Gasteiger charge is 2.32. The van der Waals surface area contributed by atoms with Crippen LogP contribution < -0.4 is 4.72 Å². The van der Waals surface area contributed by atoms with Crippen molar-refractivity contribution in [2.24, 2.45) is 4.40 Å². The van der Waals surface area contributed by atoms with Crippen molar-refractivity contribution in [1.29, 1.82) is 0 Å². The van der Waals surface area contributed by atoms with Crippen LogP contribution >= 0.6 is 0 Å². The molecule has 2 aliphatic heterocycles. The number of hydrogen-bond donors (Lipinski definition) is 1. The van der Waals surface area contributed by atoms with Crippen LogP contribution in [0.3, 0.4) is 0 Å². The molecule has 0 aromatic carbocycles. The first-order valence-corrected chi connectivity index (χ1v) is 6.89. The second kappa shape index (κ2) is 4.96. The summed E-state index contributed by atoms with van der Waals surface area (Å²) in [6, 6.07) is 0. The Morgan fingerprint density at radius 1 is 1.50 bits per heavy atom. The summed E-state index contributed by atoms with van der Waals surface area (Å²) in [5.74, 6) is 0. The van der Waals surface area contributed by atoms with Gasteiger partial charge in [-0.25, -0.2) is 4.79 Å². The zero-order valence-corrected chi connectivity index (χ0v) is 10.8. The molecule has 0 aromatic rings. The fourth-order valence-corrected chi connectivity index (χ4v) is 2.59. The van der Waals surface area contributed by atoms with E-state index in [1.165, 1.54) is 0 Å². The van der Waals surface area contributed by atoms with Crippen LogP contribution in [0.2, 0.25) is 0 Å². The summed E-state index contributed by atoms with van der Waals surface area (Å²) in [7, 11) is -3.74. The van der Waals surface area contributed by atoms with Crippen molar-refractivity contribution in [2.45, 2.75) is 12.6 Å². The molecule has 1 amide bonds. The molecule has 1 N–H and O–H groups in total. The molecule has 0 unspecified atom stereocenters. The predicted octanol–water partition coefficient (Wildman–Crippen LogP) is 0.564. The van der Waals surface area contributed by atoms with Gasteiger partial charge in [0.1, 0.15) is 0 Å². The van der Waals surface area contributed by atoms with Gasteiger partial charge >= 0.3 is 22.5 Å². The molecular formula is C9H10F3N3O4S. The molecule has 0 atom stereocenters. The van der Waals surface area contributed by atoms with E-state index < -0.39 is 29.1 Å². The van der Waals surface area contributed by atoms with Crippen LogP contribution in [0, 0.1) is 0 Å². The summed E-state index contributed by atoms with van der Waals surface area (Å²) >= 11 is 0. The van der Waals surface area contributed by atoms with E-state index in [-0.39, 0.29) is 19.5 Å². The summed E-state index contributed by atoms with van der Waals surface area (Å²) in [6.07, 6.45) is -4.44. The van der Waals surface area contributed by atoms with E-state index in [9.17, 15) is 26.4 Å². The monoisotopic (exact) mass is 313 g/mol. The standard InChI is InChI=1S/C9H10F3N3O4S/c10-9(11,12)5-19-8(16)15-2-1-7-6(4-15)3-13-20(17,18)14-7/h3,14H,1-2,4-5H2. The highest BCUT2D eigenvalue weighted by molar-refractivity contribution is 7.88. The quantitative estimate of drug-likeness (QED) is 0.766. The first-order chi connectivity index (χ1) is 9.16. The van der Waals surface area contributed by atoms with Gasteiger partial charge in [0.2, 0.25) is 0 Å². The lowest BCUT2D eigenvalue weighted by atomic mass is 10.1. The predicted molar refractivity (Wildman–Crippen MR) is 61.2 cm³/mol. The number of halogens is 3. The highest BCUT2D eigenvalue weighted by atomic mass is 32.2. The van der Waals surface area contributed by atoms with Gasteiger partial charge in [-0.05, 0) is 0 Å². The normalized spacial score (nSPS) is 21.2. The Morgan fingerprint density at radius 3 is 2.85 bits per heavy atom. The van der Waals surface area contributed by atoms with E-state index in [2.05, 4.69) is 13.9 Å². The highest BCUT2D eigenvalue weighted by Crippen LogP contribution is 2.20. The first-order valence-electron chi connectivity index (χ1n) is 5.45. The Balaban J connectivity index is 1.98. The van der Waals surface area contributed by atoms with Gasteiger partial charge in [-0.3, -0.25) is 4.72 Å². The van der Waals surface area contributed by atoms with Gasteiger partial charge in [0.25, 0.3) is 0 Å². The van der Waals surface area contributed by atoms with E-state index in [0.717, 1.165) is 11.1 Å². The second-order valence-corrected chi connectivity index (χ2v) is 5.52. The topological polar surface area (TPSA) is 88.1 Å². The van der Waals surface area contributed by atoms with Gasteiger partial charge < -0.3 is 9.64 Å². The molecule has 112 valence electrons. The van der Waals surface area contributed by atoms with Crippen LogP contribution in [-0.2, 0) is 14.9 Å². The third-order valence-corrected chi connectivity index (χ3v) is 3.48. The lowest BCUT2D eigenvalue weighted by Crippen LogP contribution is -2.42. The third kappa shape index (κ3) is 3.62. The molecular weight excluding hydrogens is 303 g/mol. The average molecular weight is 313 g/mol. The zero-order valence-electron chi connectivity index (χ0n) is 9.98. The number of nitrogens with zero attached hydrogens (tertiary/aromatic N) is 2. The molecule has 2 aliphatic rings. The van der Waals surface area contributed by atoms with E-state index in [0.29, 0.717) is 11.3 Å². The Bertz CT molecular complexity index is 582. The molecule has 2 rings (SSSR count). The van der Waals surface area contributed by atoms with Gasteiger partial charge in [0, 0.05) is 30.5 Å². The number of amides is 1. The number of carbonyl (C=O) groups is 1. The molecule has 0 aromatic heterocycles. The molecule has 20 heavy (non-hydrogen) atoms.